The summed E-state index contributed by atoms with van der Waals surface area (Å²) in [7, 11) is 0. The van der Waals surface area contributed by atoms with Crippen LogP contribution in [0.3, 0.4) is 0 Å². The molecule has 1 aromatic heterocycles. The van der Waals surface area contributed by atoms with Crippen LogP contribution in [0.5, 0.6) is 0 Å². The number of carbonyl (C=O) groups excluding carboxylic acids is 1. The molecule has 1 aliphatic heterocycles. The number of piperazine rings is 1. The van der Waals surface area contributed by atoms with Crippen molar-refractivity contribution in [3.8, 4) is 5.69 Å². The first-order valence-corrected chi connectivity index (χ1v) is 11.1. The van der Waals surface area contributed by atoms with Crippen LogP contribution in [-0.2, 0) is 0 Å². The number of anilines is 1. The van der Waals surface area contributed by atoms with Gasteiger partial charge in [-0.15, -0.1) is 0 Å². The summed E-state index contributed by atoms with van der Waals surface area (Å²) in [4.78, 5) is 33.0. The number of carbonyl (C=O) groups is 1. The Labute approximate surface area is 194 Å². The Hall–Kier alpha value is -3.78. The number of para-hydroxylation sites is 2. The van der Waals surface area contributed by atoms with Gasteiger partial charge in [-0.05, 0) is 54.7 Å². The highest BCUT2D eigenvalue weighted by atomic mass is 32.1. The summed E-state index contributed by atoms with van der Waals surface area (Å²) in [5.41, 5.74) is 1.99. The van der Waals surface area contributed by atoms with Gasteiger partial charge in [0.1, 0.15) is 5.82 Å². The first-order chi connectivity index (χ1) is 16.0. The summed E-state index contributed by atoms with van der Waals surface area (Å²) in [6.45, 7) is 2.06. The lowest BCUT2D eigenvalue weighted by Crippen LogP contribution is -2.49. The summed E-state index contributed by atoms with van der Waals surface area (Å²) < 4.78 is 15.8. The second-order valence-corrected chi connectivity index (χ2v) is 8.28. The fourth-order valence-corrected chi connectivity index (χ4v) is 4.50. The third-order valence-electron chi connectivity index (χ3n) is 5.92. The third-order valence-corrected chi connectivity index (χ3v) is 6.20. The number of aromatic amines is 1. The Kier molecular flexibility index (Phi) is 5.51. The van der Waals surface area contributed by atoms with Gasteiger partial charge in [0.05, 0.1) is 22.3 Å². The Morgan fingerprint density at radius 2 is 1.61 bits per heavy atom. The molecule has 0 unspecified atom stereocenters. The molecule has 4 aromatic rings. The molecule has 166 valence electrons. The van der Waals surface area contributed by atoms with Gasteiger partial charge in [0.2, 0.25) is 0 Å². The van der Waals surface area contributed by atoms with E-state index in [1.807, 2.05) is 35.2 Å². The number of hydrogen-bond donors (Lipinski definition) is 1. The Balaban J connectivity index is 1.39. The second kappa shape index (κ2) is 8.63. The SMILES string of the molecule is O=C(c1ccc2c(=O)n(-c3ccccc3)c(=S)[nH]c2c1)N1CCN(c2ccccc2F)CC1. The molecule has 1 aliphatic rings. The van der Waals surface area contributed by atoms with Gasteiger partial charge in [0.15, 0.2) is 4.77 Å². The van der Waals surface area contributed by atoms with Gasteiger partial charge in [0.25, 0.3) is 11.5 Å². The highest BCUT2D eigenvalue weighted by Crippen LogP contribution is 2.21. The highest BCUT2D eigenvalue weighted by molar-refractivity contribution is 7.71. The van der Waals surface area contributed by atoms with E-state index in [9.17, 15) is 14.0 Å². The summed E-state index contributed by atoms with van der Waals surface area (Å²) in [5.74, 6) is -0.389. The van der Waals surface area contributed by atoms with Crippen LogP contribution < -0.4 is 10.5 Å². The van der Waals surface area contributed by atoms with E-state index in [4.69, 9.17) is 12.2 Å². The van der Waals surface area contributed by atoms with E-state index < -0.39 is 0 Å². The zero-order valence-corrected chi connectivity index (χ0v) is 18.5. The molecule has 0 aliphatic carbocycles. The van der Waals surface area contributed by atoms with Crippen molar-refractivity contribution in [2.24, 2.45) is 0 Å². The van der Waals surface area contributed by atoms with E-state index in [1.165, 1.54) is 10.6 Å². The summed E-state index contributed by atoms with van der Waals surface area (Å²) in [6, 6.07) is 20.8. The summed E-state index contributed by atoms with van der Waals surface area (Å²) >= 11 is 5.43. The van der Waals surface area contributed by atoms with E-state index in [0.29, 0.717) is 54.0 Å². The summed E-state index contributed by atoms with van der Waals surface area (Å²) in [5, 5.41) is 0.452. The number of nitrogens with zero attached hydrogens (tertiary/aromatic N) is 3. The zero-order valence-electron chi connectivity index (χ0n) is 17.7. The fraction of sp³-hybridized carbons (Fsp3) is 0.160. The van der Waals surface area contributed by atoms with Gasteiger partial charge in [-0.3, -0.25) is 14.2 Å². The standard InChI is InChI=1S/C25H21FN4O2S/c26-20-8-4-5-9-22(20)28-12-14-29(15-13-28)23(31)17-10-11-19-21(16-17)27-25(33)30(24(19)32)18-6-2-1-3-7-18/h1-11,16H,12-15H2,(H,27,33). The molecule has 1 saturated heterocycles. The number of hydrogen-bond acceptors (Lipinski definition) is 4. The first-order valence-electron chi connectivity index (χ1n) is 10.7. The Bertz CT molecular complexity index is 1460. The van der Waals surface area contributed by atoms with Crippen LogP contribution in [-0.4, -0.2) is 46.5 Å². The quantitative estimate of drug-likeness (QED) is 0.467. The minimum absolute atomic E-state index is 0.128. The topological polar surface area (TPSA) is 61.3 Å². The summed E-state index contributed by atoms with van der Waals surface area (Å²) in [6.07, 6.45) is 0. The van der Waals surface area contributed by atoms with Crippen molar-refractivity contribution in [2.45, 2.75) is 0 Å². The normalized spacial score (nSPS) is 14.0. The second-order valence-electron chi connectivity index (χ2n) is 7.90. The number of halogens is 1. The molecule has 6 nitrogen and oxygen atoms in total. The van der Waals surface area contributed by atoms with Gasteiger partial charge in [-0.2, -0.15) is 0 Å². The zero-order chi connectivity index (χ0) is 22.9. The smallest absolute Gasteiger partial charge is 0.266 e. The number of aromatic nitrogens is 2. The molecule has 0 bridgehead atoms. The number of benzene rings is 3. The van der Waals surface area contributed by atoms with Crippen molar-refractivity contribution in [1.82, 2.24) is 14.5 Å². The minimum Gasteiger partial charge on any atom is -0.366 e. The van der Waals surface area contributed by atoms with Crippen LogP contribution in [0.1, 0.15) is 10.4 Å². The van der Waals surface area contributed by atoms with Gasteiger partial charge < -0.3 is 14.8 Å². The van der Waals surface area contributed by atoms with Crippen LogP contribution in [0.2, 0.25) is 0 Å². The maximum absolute atomic E-state index is 14.1. The van der Waals surface area contributed by atoms with Gasteiger partial charge >= 0.3 is 0 Å². The predicted octanol–water partition coefficient (Wildman–Crippen LogP) is 4.15. The molecule has 0 spiro atoms. The number of fused-ring (bicyclic) bond motifs is 1. The molecule has 0 saturated carbocycles. The molecule has 0 radical (unpaired) electrons. The lowest BCUT2D eigenvalue weighted by molar-refractivity contribution is 0.0747. The van der Waals surface area contributed by atoms with E-state index in [-0.39, 0.29) is 22.1 Å². The molecule has 1 amide bonds. The first kappa shape index (κ1) is 21.1. The van der Waals surface area contributed by atoms with Gasteiger partial charge in [-0.1, -0.05) is 30.3 Å². The molecule has 1 fully saturated rings. The van der Waals surface area contributed by atoms with E-state index in [1.54, 1.807) is 41.3 Å². The van der Waals surface area contributed by atoms with E-state index in [2.05, 4.69) is 4.98 Å². The van der Waals surface area contributed by atoms with Crippen LogP contribution >= 0.6 is 12.2 Å². The maximum Gasteiger partial charge on any atom is 0.266 e. The maximum atomic E-state index is 14.1. The van der Waals surface area contributed by atoms with Crippen molar-refractivity contribution in [3.63, 3.8) is 0 Å². The van der Waals surface area contributed by atoms with E-state index >= 15 is 0 Å². The average molecular weight is 461 g/mol. The van der Waals surface area contributed by atoms with Crippen LogP contribution in [0.25, 0.3) is 16.6 Å². The Morgan fingerprint density at radius 3 is 2.33 bits per heavy atom. The predicted molar refractivity (Wildman–Crippen MR) is 129 cm³/mol. The monoisotopic (exact) mass is 460 g/mol. The van der Waals surface area contributed by atoms with Crippen molar-refractivity contribution >= 4 is 34.7 Å². The number of H-pyrrole nitrogens is 1. The van der Waals surface area contributed by atoms with Gasteiger partial charge in [0, 0.05) is 31.7 Å². The van der Waals surface area contributed by atoms with Crippen molar-refractivity contribution in [3.05, 3.63) is 99.3 Å². The molecular formula is C25H21FN4O2S. The molecular weight excluding hydrogens is 439 g/mol. The third kappa shape index (κ3) is 3.93. The molecule has 5 rings (SSSR count). The molecule has 33 heavy (non-hydrogen) atoms. The average Bonchev–Trinajstić information content (AvgIpc) is 2.84. The minimum atomic E-state index is -0.261. The number of nitrogens with one attached hydrogen (secondary N) is 1. The molecule has 8 heteroatoms. The molecule has 3 aromatic carbocycles. The van der Waals surface area contributed by atoms with Crippen molar-refractivity contribution in [2.75, 3.05) is 31.1 Å². The number of rotatable bonds is 3. The van der Waals surface area contributed by atoms with Crippen LogP contribution in [0.15, 0.2) is 77.6 Å². The van der Waals surface area contributed by atoms with Crippen LogP contribution in [0.4, 0.5) is 10.1 Å². The molecule has 1 N–H and O–H groups in total. The van der Waals surface area contributed by atoms with Crippen LogP contribution in [0, 0.1) is 10.6 Å². The van der Waals surface area contributed by atoms with E-state index in [0.717, 1.165) is 0 Å². The lowest BCUT2D eigenvalue weighted by Gasteiger charge is -2.36. The number of amides is 1. The van der Waals surface area contributed by atoms with Crippen molar-refractivity contribution in [1.29, 1.82) is 0 Å². The molecule has 2 heterocycles. The lowest BCUT2D eigenvalue weighted by atomic mass is 10.1. The van der Waals surface area contributed by atoms with Gasteiger partial charge in [-0.25, -0.2) is 4.39 Å². The molecule has 0 atom stereocenters. The van der Waals surface area contributed by atoms with Crippen molar-refractivity contribution < 1.29 is 9.18 Å². The largest absolute Gasteiger partial charge is 0.366 e. The fourth-order valence-electron chi connectivity index (χ4n) is 4.20. The highest BCUT2D eigenvalue weighted by Gasteiger charge is 2.24. The Morgan fingerprint density at radius 1 is 0.909 bits per heavy atom.